The van der Waals surface area contributed by atoms with Gasteiger partial charge < -0.3 is 114 Å². The van der Waals surface area contributed by atoms with Gasteiger partial charge in [-0.05, 0) is 83.1 Å². The molecule has 1 aliphatic carbocycles. The van der Waals surface area contributed by atoms with Crippen molar-refractivity contribution in [1.82, 2.24) is 68.3 Å². The van der Waals surface area contributed by atoms with Crippen LogP contribution >= 0.6 is 0 Å². The topological polar surface area (TPSA) is 593 Å². The molecule has 0 bridgehead atoms. The number of ketones is 2. The van der Waals surface area contributed by atoms with Crippen molar-refractivity contribution in [2.45, 2.75) is 121 Å². The molecular formula is C69H99N15O25. The Morgan fingerprint density at radius 3 is 1.68 bits per heavy atom. The minimum atomic E-state index is -1.35. The zero-order chi connectivity index (χ0) is 80.4. The summed E-state index contributed by atoms with van der Waals surface area (Å²) in [5.41, 5.74) is -0.638. The van der Waals surface area contributed by atoms with Crippen molar-refractivity contribution in [3.05, 3.63) is 58.7 Å². The molecule has 600 valence electrons. The van der Waals surface area contributed by atoms with Gasteiger partial charge in [0, 0.05) is 141 Å². The van der Waals surface area contributed by atoms with E-state index in [1.807, 2.05) is 0 Å². The van der Waals surface area contributed by atoms with Gasteiger partial charge in [-0.25, -0.2) is 4.79 Å². The van der Waals surface area contributed by atoms with Crippen molar-refractivity contribution in [3.8, 4) is 11.5 Å². The number of carboxylic acids is 2. The van der Waals surface area contributed by atoms with Crippen LogP contribution in [0.25, 0.3) is 0 Å². The number of carbonyl (C=O) groups is 17. The Morgan fingerprint density at radius 1 is 0.450 bits per heavy atom. The highest BCUT2D eigenvalue weighted by Gasteiger charge is 2.38. The van der Waals surface area contributed by atoms with Crippen molar-refractivity contribution >= 4 is 112 Å². The summed E-state index contributed by atoms with van der Waals surface area (Å²) < 4.78 is 10.7. The van der Waals surface area contributed by atoms with Crippen LogP contribution < -0.4 is 69.1 Å². The molecule has 0 fully saturated rings. The fourth-order valence-electron chi connectivity index (χ4n) is 10.7. The molecule has 2 aromatic rings. The summed E-state index contributed by atoms with van der Waals surface area (Å²) in [6.07, 6.45) is 2.06. The van der Waals surface area contributed by atoms with E-state index in [4.69, 9.17) is 19.7 Å². The van der Waals surface area contributed by atoms with Crippen molar-refractivity contribution in [1.29, 1.82) is 0 Å². The maximum Gasteiger partial charge on any atom is 0.326 e. The third kappa shape index (κ3) is 32.8. The van der Waals surface area contributed by atoms with Crippen LogP contribution in [0.2, 0.25) is 0 Å². The van der Waals surface area contributed by atoms with E-state index in [1.54, 1.807) is 0 Å². The summed E-state index contributed by atoms with van der Waals surface area (Å²) in [6, 6.07) is 0.121. The molecule has 0 unspecified atom stereocenters. The van der Waals surface area contributed by atoms with Gasteiger partial charge in [0.1, 0.15) is 42.3 Å². The smallest absolute Gasteiger partial charge is 0.326 e. The Balaban J connectivity index is 1.17. The number of aliphatic carboxylic acids is 2. The molecule has 40 nitrogen and oxygen atoms in total. The summed E-state index contributed by atoms with van der Waals surface area (Å²) in [7, 11) is 0. The van der Waals surface area contributed by atoms with Crippen LogP contribution in [0.4, 0.5) is 11.4 Å². The quantitative estimate of drug-likeness (QED) is 0.0143. The van der Waals surface area contributed by atoms with Gasteiger partial charge in [-0.1, -0.05) is 0 Å². The summed E-state index contributed by atoms with van der Waals surface area (Å²) in [6.45, 7) is 1.31. The highest BCUT2D eigenvalue weighted by molar-refractivity contribution is 6.33. The molecule has 4 rings (SSSR count). The number of amides is 13. The number of nitrogens with one attached hydrogen (secondary N) is 13. The number of ether oxygens (including phenoxy) is 2. The fourth-order valence-corrected chi connectivity index (χ4v) is 10.7. The number of imide groups is 1. The Bertz CT molecular complexity index is 3570. The standard InChI is InChI=1S/C69H99N15O25/c1-41(66(103)80-42(2)68(105)83(32-34-86)31-27-72-44-13-12-43(71-26-25-70-28-33-85)60-61(44)65(102)63-48(88)16-15-47(87)62(63)64(60)101)79-55(95)39-77-54(94)38-78-67(104)45(81-53(93)20-24-75-49(89)10-6-30-84-57(97)18-19-58(84)98)8-3-4-22-73-51(91)21-36-108-37-29-76-56(96)40-109-35-7-23-74-50(90)17-14-46(69(106)107)82-52(92)9-5-11-59(99)100/h12-13,15-16,18-19,41-42,45-46,70-72,85-88H,3-11,14,17,20-40H2,1-2H3,(H,73,91)(H,74,90)(H,75,89)(H,76,96)(H,77,94)(H,78,104)(H,79,95)(H,80,103)(H,81,93)(H,82,92)(H,99,100)(H,106,107)/t41-,42-,45+,46-/m0/s1. The van der Waals surface area contributed by atoms with Crippen LogP contribution in [0.15, 0.2) is 36.4 Å². The average Bonchev–Trinajstić information content (AvgIpc) is 0.975. The van der Waals surface area contributed by atoms with Gasteiger partial charge in [-0.2, -0.15) is 0 Å². The number of hydrogen-bond acceptors (Lipinski definition) is 26. The maximum absolute atomic E-state index is 14.0. The number of unbranched alkanes of at least 4 members (excludes halogenated alkanes) is 1. The zero-order valence-electron chi connectivity index (χ0n) is 60.7. The lowest BCUT2D eigenvalue weighted by Crippen LogP contribution is -2.54. The first-order valence-corrected chi connectivity index (χ1v) is 35.5. The molecule has 13 amide bonds. The zero-order valence-corrected chi connectivity index (χ0v) is 60.7. The van der Waals surface area contributed by atoms with E-state index in [0.29, 0.717) is 25.9 Å². The number of phenols is 2. The molecule has 19 N–H and O–H groups in total. The predicted octanol–water partition coefficient (Wildman–Crippen LogP) is -5.03. The molecule has 0 saturated carbocycles. The molecule has 40 heteroatoms. The van der Waals surface area contributed by atoms with Gasteiger partial charge in [0.2, 0.25) is 76.5 Å². The van der Waals surface area contributed by atoms with Gasteiger partial charge in [0.05, 0.1) is 61.8 Å². The van der Waals surface area contributed by atoms with Crippen LogP contribution in [0.3, 0.4) is 0 Å². The molecule has 1 aliphatic heterocycles. The molecule has 1 heterocycles. The highest BCUT2D eigenvalue weighted by Crippen LogP contribution is 2.42. The number of anilines is 2. The average molecular weight is 1540 g/mol. The minimum absolute atomic E-state index is 0.00253. The van der Waals surface area contributed by atoms with E-state index in [0.717, 1.165) is 29.2 Å². The van der Waals surface area contributed by atoms with E-state index in [9.17, 15) is 102 Å². The van der Waals surface area contributed by atoms with Crippen molar-refractivity contribution in [2.75, 3.05) is 135 Å². The molecule has 0 aromatic heterocycles. The van der Waals surface area contributed by atoms with Gasteiger partial charge in [-0.3, -0.25) is 81.6 Å². The van der Waals surface area contributed by atoms with E-state index in [-0.39, 0.29) is 197 Å². The molecule has 0 spiro atoms. The number of rotatable bonds is 55. The maximum atomic E-state index is 14.0. The molecule has 2 aromatic carbocycles. The second-order valence-corrected chi connectivity index (χ2v) is 24.9. The van der Waals surface area contributed by atoms with Gasteiger partial charge in [-0.15, -0.1) is 0 Å². The molecule has 109 heavy (non-hydrogen) atoms. The third-order valence-electron chi connectivity index (χ3n) is 16.3. The second kappa shape index (κ2) is 48.9. The van der Waals surface area contributed by atoms with Gasteiger partial charge >= 0.3 is 11.9 Å². The van der Waals surface area contributed by atoms with E-state index < -0.39 is 155 Å². The SMILES string of the molecule is C[C@H](NC(=O)CNC(=O)CNC(=O)[C@@H](CCCCNC(=O)CCOCCNC(=O)COCCCNC(=O)CC[C@H](NC(=O)CCCC(=O)O)C(=O)O)NC(=O)CCNC(=O)CCCN1C(=O)C=CC1=O)C(=O)N[C@@H](C)C(=O)N(CCO)CCNc1ccc(NCCNCCO)c2c1C(=O)c1c(O)ccc(O)c1C2=O. The number of carboxylic acid groups (broad SMARTS) is 2. The van der Waals surface area contributed by atoms with Gasteiger partial charge in [0.15, 0.2) is 0 Å². The first kappa shape index (κ1) is 90.2. The number of aliphatic hydroxyl groups excluding tert-OH is 2. The molecule has 2 aliphatic rings. The lowest BCUT2D eigenvalue weighted by molar-refractivity contribution is -0.142. The lowest BCUT2D eigenvalue weighted by Gasteiger charge is -2.28. The summed E-state index contributed by atoms with van der Waals surface area (Å²) in [5, 5.41) is 92.3. The Kier molecular flexibility index (Phi) is 40.4. The largest absolute Gasteiger partial charge is 0.507 e. The number of aliphatic hydroxyl groups is 2. The molecule has 0 saturated heterocycles. The Morgan fingerprint density at radius 2 is 1.04 bits per heavy atom. The number of nitrogens with zero attached hydrogens (tertiary/aromatic N) is 2. The second-order valence-electron chi connectivity index (χ2n) is 24.9. The molecular weight excluding hydrogens is 1440 g/mol. The van der Waals surface area contributed by atoms with Crippen molar-refractivity contribution < 1.29 is 122 Å². The van der Waals surface area contributed by atoms with E-state index in [2.05, 4.69) is 69.1 Å². The Hall–Kier alpha value is -11.2. The number of aromatic hydroxyl groups is 2. The van der Waals surface area contributed by atoms with Crippen LogP contribution in [0.5, 0.6) is 11.5 Å². The van der Waals surface area contributed by atoms with Crippen molar-refractivity contribution in [3.63, 3.8) is 0 Å². The minimum Gasteiger partial charge on any atom is -0.507 e. The molecule has 0 radical (unpaired) electrons. The van der Waals surface area contributed by atoms with Crippen LogP contribution in [0.1, 0.15) is 129 Å². The number of carbonyl (C=O) groups excluding carboxylic acids is 15. The third-order valence-corrected chi connectivity index (χ3v) is 16.3. The van der Waals surface area contributed by atoms with Crippen LogP contribution in [-0.2, 0) is 81.4 Å². The van der Waals surface area contributed by atoms with Crippen molar-refractivity contribution in [2.24, 2.45) is 0 Å². The first-order valence-electron chi connectivity index (χ1n) is 35.5. The fraction of sp³-hybridized carbons (Fsp3) is 0.551. The number of phenolic OH excluding ortho intramolecular Hbond substituents is 2. The summed E-state index contributed by atoms with van der Waals surface area (Å²) >= 11 is 0. The lowest BCUT2D eigenvalue weighted by atomic mass is 9.81. The predicted molar refractivity (Wildman–Crippen MR) is 384 cm³/mol. The van der Waals surface area contributed by atoms with Gasteiger partial charge in [0.25, 0.3) is 11.8 Å². The Labute approximate surface area is 626 Å². The normalized spacial score (nSPS) is 13.1. The number of fused-ring (bicyclic) bond motifs is 2. The molecule has 4 atom stereocenters. The summed E-state index contributed by atoms with van der Waals surface area (Å²) in [4.78, 5) is 217. The van der Waals surface area contributed by atoms with Crippen LogP contribution in [-0.4, -0.2) is 290 Å². The van der Waals surface area contributed by atoms with E-state index >= 15 is 0 Å². The number of benzene rings is 2. The highest BCUT2D eigenvalue weighted by atomic mass is 16.5. The monoisotopic (exact) mass is 1540 g/mol. The first-order chi connectivity index (χ1) is 52.1. The summed E-state index contributed by atoms with van der Waals surface area (Å²) in [5.74, 6) is -13.1. The van der Waals surface area contributed by atoms with Crippen LogP contribution in [0, 0.1) is 0 Å². The number of hydrogen-bond donors (Lipinski definition) is 19. The van der Waals surface area contributed by atoms with E-state index in [1.165, 1.54) is 30.9 Å².